The molecule has 0 fully saturated rings. The van der Waals surface area contributed by atoms with Gasteiger partial charge in [-0.3, -0.25) is 0 Å². The van der Waals surface area contributed by atoms with Gasteiger partial charge in [-0.2, -0.15) is 0 Å². The lowest BCUT2D eigenvalue weighted by Crippen LogP contribution is -2.36. The van der Waals surface area contributed by atoms with Crippen LogP contribution in [0.2, 0.25) is 0 Å². The molecule has 0 spiro atoms. The van der Waals surface area contributed by atoms with Crippen molar-refractivity contribution in [3.63, 3.8) is 0 Å². The first-order valence-corrected chi connectivity index (χ1v) is 7.15. The Morgan fingerprint density at radius 1 is 1.05 bits per heavy atom. The van der Waals surface area contributed by atoms with Crippen molar-refractivity contribution in [1.82, 2.24) is 10.2 Å². The fourth-order valence-electron chi connectivity index (χ4n) is 2.13. The van der Waals surface area contributed by atoms with Crippen molar-refractivity contribution < 1.29 is 4.79 Å². The summed E-state index contributed by atoms with van der Waals surface area (Å²) in [6.45, 7) is 5.29. The van der Waals surface area contributed by atoms with Gasteiger partial charge in [0.1, 0.15) is 0 Å². The average molecular weight is 282 g/mol. The topological polar surface area (TPSA) is 32.3 Å². The van der Waals surface area contributed by atoms with Gasteiger partial charge in [-0.05, 0) is 30.5 Å². The second-order valence-corrected chi connectivity index (χ2v) is 5.43. The number of amides is 2. The maximum atomic E-state index is 12.1. The van der Waals surface area contributed by atoms with Crippen molar-refractivity contribution in [1.29, 1.82) is 0 Å². The van der Waals surface area contributed by atoms with Crippen LogP contribution in [0.15, 0.2) is 48.5 Å². The Kier molecular flexibility index (Phi) is 4.99. The van der Waals surface area contributed by atoms with E-state index in [-0.39, 0.29) is 6.03 Å². The van der Waals surface area contributed by atoms with Gasteiger partial charge in [-0.1, -0.05) is 54.1 Å². The molecule has 2 rings (SSSR count). The molecule has 0 heterocycles. The Morgan fingerprint density at radius 2 is 1.71 bits per heavy atom. The molecule has 0 aromatic heterocycles. The second kappa shape index (κ2) is 6.93. The number of aryl methyl sites for hydroxylation is 2. The molecule has 0 aliphatic heterocycles. The third kappa shape index (κ3) is 4.35. The van der Waals surface area contributed by atoms with Crippen LogP contribution in [0.4, 0.5) is 4.79 Å². The summed E-state index contributed by atoms with van der Waals surface area (Å²) >= 11 is 0. The molecule has 0 aliphatic carbocycles. The fraction of sp³-hybridized carbons (Fsp3) is 0.278. The molecule has 0 saturated carbocycles. The zero-order valence-electron chi connectivity index (χ0n) is 12.9. The molecular formula is C18H22N2O. The minimum absolute atomic E-state index is 0.0566. The van der Waals surface area contributed by atoms with E-state index >= 15 is 0 Å². The summed E-state index contributed by atoms with van der Waals surface area (Å²) in [4.78, 5) is 13.8. The number of rotatable bonds is 4. The first-order valence-electron chi connectivity index (χ1n) is 7.15. The van der Waals surface area contributed by atoms with E-state index in [1.165, 1.54) is 16.7 Å². The highest BCUT2D eigenvalue weighted by atomic mass is 16.2. The lowest BCUT2D eigenvalue weighted by Gasteiger charge is -2.19. The van der Waals surface area contributed by atoms with E-state index in [4.69, 9.17) is 0 Å². The predicted molar refractivity (Wildman–Crippen MR) is 86.1 cm³/mol. The molecule has 0 bridgehead atoms. The van der Waals surface area contributed by atoms with Crippen LogP contribution in [0.1, 0.15) is 22.3 Å². The van der Waals surface area contributed by atoms with E-state index < -0.39 is 0 Å². The van der Waals surface area contributed by atoms with Crippen LogP contribution in [-0.2, 0) is 13.1 Å². The first-order chi connectivity index (χ1) is 10.1. The summed E-state index contributed by atoms with van der Waals surface area (Å²) in [5, 5.41) is 2.94. The van der Waals surface area contributed by atoms with Crippen molar-refractivity contribution in [3.05, 3.63) is 70.8 Å². The van der Waals surface area contributed by atoms with Crippen LogP contribution >= 0.6 is 0 Å². The van der Waals surface area contributed by atoms with Crippen molar-refractivity contribution in [3.8, 4) is 0 Å². The number of benzene rings is 2. The lowest BCUT2D eigenvalue weighted by atomic mass is 10.1. The number of carbonyl (C=O) groups excluding carboxylic acids is 1. The van der Waals surface area contributed by atoms with Crippen LogP contribution in [0, 0.1) is 13.8 Å². The fourth-order valence-corrected chi connectivity index (χ4v) is 2.13. The maximum absolute atomic E-state index is 12.1. The van der Waals surface area contributed by atoms with Crippen LogP contribution in [0.25, 0.3) is 0 Å². The number of carbonyl (C=O) groups is 1. The largest absolute Gasteiger partial charge is 0.334 e. The molecule has 0 unspecified atom stereocenters. The Hall–Kier alpha value is -2.29. The summed E-state index contributed by atoms with van der Waals surface area (Å²) in [7, 11) is 1.82. The predicted octanol–water partition coefficient (Wildman–Crippen LogP) is 3.65. The van der Waals surface area contributed by atoms with Gasteiger partial charge in [0.15, 0.2) is 0 Å². The van der Waals surface area contributed by atoms with E-state index in [1.54, 1.807) is 4.90 Å². The summed E-state index contributed by atoms with van der Waals surface area (Å²) < 4.78 is 0. The quantitative estimate of drug-likeness (QED) is 0.912. The highest BCUT2D eigenvalue weighted by molar-refractivity contribution is 5.73. The molecule has 2 aromatic rings. The normalized spacial score (nSPS) is 10.2. The highest BCUT2D eigenvalue weighted by Gasteiger charge is 2.09. The summed E-state index contributed by atoms with van der Waals surface area (Å²) in [5.74, 6) is 0. The molecule has 0 radical (unpaired) electrons. The minimum atomic E-state index is -0.0566. The molecule has 0 atom stereocenters. The first kappa shape index (κ1) is 15.1. The zero-order chi connectivity index (χ0) is 15.2. The van der Waals surface area contributed by atoms with E-state index in [0.717, 1.165) is 5.56 Å². The number of hydrogen-bond acceptors (Lipinski definition) is 1. The molecule has 1 N–H and O–H groups in total. The van der Waals surface area contributed by atoms with E-state index in [1.807, 2.05) is 31.3 Å². The highest BCUT2D eigenvalue weighted by Crippen LogP contribution is 2.09. The monoisotopic (exact) mass is 282 g/mol. The van der Waals surface area contributed by atoms with Gasteiger partial charge in [0.05, 0.1) is 0 Å². The van der Waals surface area contributed by atoms with Crippen molar-refractivity contribution >= 4 is 6.03 Å². The van der Waals surface area contributed by atoms with Gasteiger partial charge in [0, 0.05) is 20.1 Å². The molecule has 0 aliphatic rings. The molecule has 21 heavy (non-hydrogen) atoms. The molecule has 2 amide bonds. The van der Waals surface area contributed by atoms with Crippen molar-refractivity contribution in [2.75, 3.05) is 7.05 Å². The van der Waals surface area contributed by atoms with Crippen LogP contribution in [0.5, 0.6) is 0 Å². The molecule has 3 heteroatoms. The van der Waals surface area contributed by atoms with Crippen molar-refractivity contribution in [2.45, 2.75) is 26.9 Å². The zero-order valence-corrected chi connectivity index (χ0v) is 12.9. The molecule has 3 nitrogen and oxygen atoms in total. The van der Waals surface area contributed by atoms with Gasteiger partial charge >= 0.3 is 6.03 Å². The van der Waals surface area contributed by atoms with E-state index in [0.29, 0.717) is 13.1 Å². The SMILES string of the molecule is Cc1ccc(CNC(=O)N(C)Cc2ccccc2C)cc1. The van der Waals surface area contributed by atoms with Crippen LogP contribution in [0.3, 0.4) is 0 Å². The van der Waals surface area contributed by atoms with Crippen LogP contribution < -0.4 is 5.32 Å². The van der Waals surface area contributed by atoms with E-state index in [2.05, 4.69) is 43.4 Å². The number of urea groups is 1. The molecule has 2 aromatic carbocycles. The van der Waals surface area contributed by atoms with E-state index in [9.17, 15) is 4.79 Å². The summed E-state index contributed by atoms with van der Waals surface area (Å²) in [6.07, 6.45) is 0. The Bertz CT molecular complexity index is 605. The average Bonchev–Trinajstić information content (AvgIpc) is 2.48. The van der Waals surface area contributed by atoms with Gasteiger partial charge in [-0.15, -0.1) is 0 Å². The third-order valence-corrected chi connectivity index (χ3v) is 3.58. The number of hydrogen-bond donors (Lipinski definition) is 1. The van der Waals surface area contributed by atoms with Crippen LogP contribution in [-0.4, -0.2) is 18.0 Å². The van der Waals surface area contributed by atoms with Gasteiger partial charge < -0.3 is 10.2 Å². The van der Waals surface area contributed by atoms with Gasteiger partial charge in [-0.25, -0.2) is 4.79 Å². The smallest absolute Gasteiger partial charge is 0.317 e. The second-order valence-electron chi connectivity index (χ2n) is 5.43. The Morgan fingerprint density at radius 3 is 2.38 bits per heavy atom. The number of nitrogens with one attached hydrogen (secondary N) is 1. The maximum Gasteiger partial charge on any atom is 0.317 e. The van der Waals surface area contributed by atoms with Gasteiger partial charge in [0.25, 0.3) is 0 Å². The molecular weight excluding hydrogens is 260 g/mol. The minimum Gasteiger partial charge on any atom is -0.334 e. The summed E-state index contributed by atoms with van der Waals surface area (Å²) in [6, 6.07) is 16.3. The summed E-state index contributed by atoms with van der Waals surface area (Å²) in [5.41, 5.74) is 4.71. The lowest BCUT2D eigenvalue weighted by molar-refractivity contribution is 0.206. The third-order valence-electron chi connectivity index (χ3n) is 3.58. The molecule has 0 saturated heterocycles. The standard InChI is InChI=1S/C18H22N2O/c1-14-8-10-16(11-9-14)12-19-18(21)20(3)13-17-7-5-4-6-15(17)2/h4-11H,12-13H2,1-3H3,(H,19,21). The Labute approximate surface area is 126 Å². The van der Waals surface area contributed by atoms with Gasteiger partial charge in [0.2, 0.25) is 0 Å². The number of nitrogens with zero attached hydrogens (tertiary/aromatic N) is 1. The Balaban J connectivity index is 1.88. The van der Waals surface area contributed by atoms with Crippen molar-refractivity contribution in [2.24, 2.45) is 0 Å². The molecule has 110 valence electrons.